The number of carbonyl (C=O) groups excluding carboxylic acids is 1. The predicted octanol–water partition coefficient (Wildman–Crippen LogP) is 2.83. The third-order valence-corrected chi connectivity index (χ3v) is 3.69. The Labute approximate surface area is 119 Å². The predicted molar refractivity (Wildman–Crippen MR) is 78.2 cm³/mol. The SMILES string of the molecule is O=C(CNCc1cccc(Cl)c1)N1CCCCCC1. The number of nitrogens with zero attached hydrogens (tertiary/aromatic N) is 1. The molecule has 4 heteroatoms. The van der Waals surface area contributed by atoms with Crippen LogP contribution in [0.15, 0.2) is 24.3 Å². The number of hydrogen-bond acceptors (Lipinski definition) is 2. The maximum Gasteiger partial charge on any atom is 0.236 e. The van der Waals surface area contributed by atoms with Crippen LogP contribution in [-0.2, 0) is 11.3 Å². The largest absolute Gasteiger partial charge is 0.342 e. The molecule has 1 aromatic rings. The molecule has 1 aliphatic rings. The molecule has 1 fully saturated rings. The molecular weight excluding hydrogens is 260 g/mol. The average molecular weight is 281 g/mol. The molecule has 0 spiro atoms. The van der Waals surface area contributed by atoms with Crippen molar-refractivity contribution in [2.24, 2.45) is 0 Å². The van der Waals surface area contributed by atoms with E-state index in [2.05, 4.69) is 5.32 Å². The lowest BCUT2D eigenvalue weighted by atomic mass is 10.2. The average Bonchev–Trinajstić information content (AvgIpc) is 2.67. The third kappa shape index (κ3) is 4.84. The van der Waals surface area contributed by atoms with Crippen molar-refractivity contribution in [3.05, 3.63) is 34.9 Å². The van der Waals surface area contributed by atoms with Crippen LogP contribution in [0.25, 0.3) is 0 Å². The summed E-state index contributed by atoms with van der Waals surface area (Å²) >= 11 is 5.92. The lowest BCUT2D eigenvalue weighted by Crippen LogP contribution is -2.38. The molecule has 1 amide bonds. The van der Waals surface area contributed by atoms with E-state index in [1.165, 1.54) is 12.8 Å². The number of carbonyl (C=O) groups is 1. The summed E-state index contributed by atoms with van der Waals surface area (Å²) < 4.78 is 0. The van der Waals surface area contributed by atoms with E-state index in [1.54, 1.807) is 0 Å². The van der Waals surface area contributed by atoms with Crippen molar-refractivity contribution in [2.75, 3.05) is 19.6 Å². The quantitative estimate of drug-likeness (QED) is 0.920. The monoisotopic (exact) mass is 280 g/mol. The van der Waals surface area contributed by atoms with Crippen molar-refractivity contribution in [3.8, 4) is 0 Å². The van der Waals surface area contributed by atoms with Gasteiger partial charge in [0, 0.05) is 24.7 Å². The molecule has 19 heavy (non-hydrogen) atoms. The van der Waals surface area contributed by atoms with Crippen LogP contribution >= 0.6 is 11.6 Å². The van der Waals surface area contributed by atoms with Crippen LogP contribution in [-0.4, -0.2) is 30.4 Å². The second-order valence-electron chi connectivity index (χ2n) is 5.03. The molecule has 0 radical (unpaired) electrons. The molecule has 1 saturated heterocycles. The molecule has 0 aliphatic carbocycles. The van der Waals surface area contributed by atoms with Crippen molar-refractivity contribution in [1.82, 2.24) is 10.2 Å². The van der Waals surface area contributed by atoms with Gasteiger partial charge in [-0.25, -0.2) is 0 Å². The molecule has 104 valence electrons. The minimum atomic E-state index is 0.212. The molecule has 0 saturated carbocycles. The van der Waals surface area contributed by atoms with Crippen molar-refractivity contribution >= 4 is 17.5 Å². The van der Waals surface area contributed by atoms with Crippen molar-refractivity contribution in [3.63, 3.8) is 0 Å². The zero-order valence-corrected chi connectivity index (χ0v) is 12.0. The van der Waals surface area contributed by atoms with Gasteiger partial charge in [0.15, 0.2) is 0 Å². The van der Waals surface area contributed by atoms with Crippen molar-refractivity contribution in [1.29, 1.82) is 0 Å². The van der Waals surface area contributed by atoms with Gasteiger partial charge in [0.1, 0.15) is 0 Å². The molecule has 0 aromatic heterocycles. The van der Waals surface area contributed by atoms with Crippen LogP contribution in [0, 0.1) is 0 Å². The molecular formula is C15H21ClN2O. The van der Waals surface area contributed by atoms with Crippen molar-refractivity contribution in [2.45, 2.75) is 32.2 Å². The summed E-state index contributed by atoms with van der Waals surface area (Å²) in [6, 6.07) is 7.71. The molecule has 3 nitrogen and oxygen atoms in total. The highest BCUT2D eigenvalue weighted by atomic mass is 35.5. The number of rotatable bonds is 4. The van der Waals surface area contributed by atoms with Gasteiger partial charge in [0.05, 0.1) is 6.54 Å². The Morgan fingerprint density at radius 1 is 1.21 bits per heavy atom. The number of nitrogens with one attached hydrogen (secondary N) is 1. The second-order valence-corrected chi connectivity index (χ2v) is 5.46. The minimum absolute atomic E-state index is 0.212. The standard InChI is InChI=1S/C15H21ClN2O/c16-14-7-5-6-13(10-14)11-17-12-15(19)18-8-3-1-2-4-9-18/h5-7,10,17H,1-4,8-9,11-12H2. The molecule has 1 aliphatic heterocycles. The maximum atomic E-state index is 12.0. The Kier molecular flexibility index (Phi) is 5.67. The number of benzene rings is 1. The minimum Gasteiger partial charge on any atom is -0.342 e. The van der Waals surface area contributed by atoms with E-state index in [0.717, 1.165) is 36.5 Å². The van der Waals surface area contributed by atoms with Gasteiger partial charge in [0.25, 0.3) is 0 Å². The summed E-state index contributed by atoms with van der Waals surface area (Å²) in [5.41, 5.74) is 1.11. The molecule has 0 bridgehead atoms. The lowest BCUT2D eigenvalue weighted by Gasteiger charge is -2.20. The zero-order valence-electron chi connectivity index (χ0n) is 11.2. The van der Waals surface area contributed by atoms with Gasteiger partial charge in [-0.3, -0.25) is 4.79 Å². The normalized spacial score (nSPS) is 16.2. The third-order valence-electron chi connectivity index (χ3n) is 3.45. The van der Waals surface area contributed by atoms with Gasteiger partial charge in [0.2, 0.25) is 5.91 Å². The smallest absolute Gasteiger partial charge is 0.236 e. The molecule has 1 aromatic carbocycles. The molecule has 2 rings (SSSR count). The van der Waals surface area contributed by atoms with Crippen LogP contribution < -0.4 is 5.32 Å². The van der Waals surface area contributed by atoms with Crippen LogP contribution in [0.5, 0.6) is 0 Å². The van der Waals surface area contributed by atoms with Gasteiger partial charge in [-0.1, -0.05) is 36.6 Å². The van der Waals surface area contributed by atoms with E-state index >= 15 is 0 Å². The van der Waals surface area contributed by atoms with Gasteiger partial charge in [-0.05, 0) is 30.5 Å². The van der Waals surface area contributed by atoms with Gasteiger partial charge < -0.3 is 10.2 Å². The first-order valence-corrected chi connectivity index (χ1v) is 7.36. The van der Waals surface area contributed by atoms with Crippen LogP contribution in [0.4, 0.5) is 0 Å². The summed E-state index contributed by atoms with van der Waals surface area (Å²) in [5, 5.41) is 3.93. The first kappa shape index (κ1) is 14.4. The molecule has 1 N–H and O–H groups in total. The van der Waals surface area contributed by atoms with E-state index in [1.807, 2.05) is 29.2 Å². The van der Waals surface area contributed by atoms with E-state index in [9.17, 15) is 4.79 Å². The van der Waals surface area contributed by atoms with E-state index in [4.69, 9.17) is 11.6 Å². The van der Waals surface area contributed by atoms with Gasteiger partial charge in [-0.15, -0.1) is 0 Å². The molecule has 1 heterocycles. The van der Waals surface area contributed by atoms with E-state index < -0.39 is 0 Å². The zero-order chi connectivity index (χ0) is 13.5. The fraction of sp³-hybridized carbons (Fsp3) is 0.533. The first-order chi connectivity index (χ1) is 9.25. The van der Waals surface area contributed by atoms with Gasteiger partial charge >= 0.3 is 0 Å². The Bertz CT molecular complexity index is 414. The number of hydrogen-bond donors (Lipinski definition) is 1. The fourth-order valence-electron chi connectivity index (χ4n) is 2.39. The van der Waals surface area contributed by atoms with Crippen LogP contribution in [0.1, 0.15) is 31.2 Å². The van der Waals surface area contributed by atoms with Gasteiger partial charge in [-0.2, -0.15) is 0 Å². The fourth-order valence-corrected chi connectivity index (χ4v) is 2.61. The Balaban J connectivity index is 1.74. The van der Waals surface area contributed by atoms with E-state index in [-0.39, 0.29) is 5.91 Å². The Morgan fingerprint density at radius 2 is 1.95 bits per heavy atom. The number of likely N-dealkylation sites (tertiary alicyclic amines) is 1. The van der Waals surface area contributed by atoms with E-state index in [0.29, 0.717) is 13.1 Å². The van der Waals surface area contributed by atoms with Crippen LogP contribution in [0.3, 0.4) is 0 Å². The first-order valence-electron chi connectivity index (χ1n) is 6.98. The summed E-state index contributed by atoms with van der Waals surface area (Å²) in [6.45, 7) is 2.92. The highest BCUT2D eigenvalue weighted by Crippen LogP contribution is 2.11. The molecule has 0 atom stereocenters. The number of amides is 1. The highest BCUT2D eigenvalue weighted by Gasteiger charge is 2.14. The summed E-state index contributed by atoms with van der Waals surface area (Å²) in [7, 11) is 0. The lowest BCUT2D eigenvalue weighted by molar-refractivity contribution is -0.130. The number of halogens is 1. The summed E-state index contributed by atoms with van der Waals surface area (Å²) in [4.78, 5) is 14.0. The highest BCUT2D eigenvalue weighted by molar-refractivity contribution is 6.30. The second kappa shape index (κ2) is 7.51. The van der Waals surface area contributed by atoms with Crippen molar-refractivity contribution < 1.29 is 4.79 Å². The maximum absolute atomic E-state index is 12.0. The Morgan fingerprint density at radius 3 is 2.63 bits per heavy atom. The Hall–Kier alpha value is -1.06. The molecule has 0 unspecified atom stereocenters. The summed E-state index contributed by atoms with van der Waals surface area (Å²) in [6.07, 6.45) is 4.78. The topological polar surface area (TPSA) is 32.3 Å². The van der Waals surface area contributed by atoms with Crippen LogP contribution in [0.2, 0.25) is 5.02 Å². The summed E-state index contributed by atoms with van der Waals surface area (Å²) in [5.74, 6) is 0.212.